The SMILES string of the molecule is NCc1ccc(C(=O)NC2C3C4CCC(C4)C23)cc1. The Bertz CT molecular complexity index is 494. The predicted octanol–water partition coefficient (Wildman–Crippen LogP) is 1.92. The molecule has 4 unspecified atom stereocenters. The van der Waals surface area contributed by atoms with E-state index in [1.807, 2.05) is 24.3 Å². The molecule has 0 heterocycles. The van der Waals surface area contributed by atoms with E-state index in [1.54, 1.807) is 0 Å². The van der Waals surface area contributed by atoms with E-state index >= 15 is 0 Å². The highest BCUT2D eigenvalue weighted by Gasteiger charge is 2.65. The van der Waals surface area contributed by atoms with Gasteiger partial charge in [0.15, 0.2) is 0 Å². The lowest BCUT2D eigenvalue weighted by atomic mass is 10.0. The molecular formula is C16H20N2O. The van der Waals surface area contributed by atoms with E-state index < -0.39 is 0 Å². The van der Waals surface area contributed by atoms with Gasteiger partial charge in [0.2, 0.25) is 0 Å². The zero-order valence-electron chi connectivity index (χ0n) is 11.0. The lowest BCUT2D eigenvalue weighted by Gasteiger charge is -2.10. The van der Waals surface area contributed by atoms with Crippen molar-refractivity contribution in [3.63, 3.8) is 0 Å². The molecule has 0 spiro atoms. The average Bonchev–Trinajstić information content (AvgIpc) is 2.85. The molecule has 1 aromatic carbocycles. The second kappa shape index (κ2) is 4.07. The quantitative estimate of drug-likeness (QED) is 0.868. The second-order valence-electron chi connectivity index (χ2n) is 6.39. The van der Waals surface area contributed by atoms with Crippen LogP contribution in [0.25, 0.3) is 0 Å². The lowest BCUT2D eigenvalue weighted by molar-refractivity contribution is 0.0944. The molecule has 3 aliphatic rings. The monoisotopic (exact) mass is 256 g/mol. The van der Waals surface area contributed by atoms with E-state index in [9.17, 15) is 4.79 Å². The van der Waals surface area contributed by atoms with Crippen LogP contribution in [0.3, 0.4) is 0 Å². The Hall–Kier alpha value is -1.35. The van der Waals surface area contributed by atoms with Gasteiger partial charge in [0.05, 0.1) is 0 Å². The van der Waals surface area contributed by atoms with Crippen LogP contribution in [0.5, 0.6) is 0 Å². The molecule has 0 aromatic heterocycles. The van der Waals surface area contributed by atoms with Crippen LogP contribution in [-0.2, 0) is 6.54 Å². The van der Waals surface area contributed by atoms with Crippen LogP contribution < -0.4 is 11.1 Å². The smallest absolute Gasteiger partial charge is 0.251 e. The fraction of sp³-hybridized carbons (Fsp3) is 0.562. The van der Waals surface area contributed by atoms with Gasteiger partial charge in [-0.15, -0.1) is 0 Å². The molecular weight excluding hydrogens is 236 g/mol. The van der Waals surface area contributed by atoms with Gasteiger partial charge in [-0.3, -0.25) is 4.79 Å². The van der Waals surface area contributed by atoms with E-state index in [0.717, 1.165) is 34.8 Å². The number of carbonyl (C=O) groups is 1. The summed E-state index contributed by atoms with van der Waals surface area (Å²) in [6.07, 6.45) is 4.21. The van der Waals surface area contributed by atoms with Crippen LogP contribution in [0.2, 0.25) is 0 Å². The van der Waals surface area contributed by atoms with Crippen molar-refractivity contribution in [2.24, 2.45) is 29.4 Å². The topological polar surface area (TPSA) is 55.1 Å². The van der Waals surface area contributed by atoms with Crippen LogP contribution in [0.4, 0.5) is 0 Å². The Morgan fingerprint density at radius 3 is 2.37 bits per heavy atom. The first-order chi connectivity index (χ1) is 9.28. The minimum absolute atomic E-state index is 0.0855. The van der Waals surface area contributed by atoms with Crippen LogP contribution in [-0.4, -0.2) is 11.9 Å². The zero-order chi connectivity index (χ0) is 13.0. The third-order valence-corrected chi connectivity index (χ3v) is 5.48. The maximum absolute atomic E-state index is 12.2. The van der Waals surface area contributed by atoms with E-state index in [-0.39, 0.29) is 5.91 Å². The van der Waals surface area contributed by atoms with Crippen LogP contribution >= 0.6 is 0 Å². The number of nitrogens with one attached hydrogen (secondary N) is 1. The fourth-order valence-corrected chi connectivity index (χ4v) is 4.55. The van der Waals surface area contributed by atoms with E-state index in [1.165, 1.54) is 19.3 Å². The van der Waals surface area contributed by atoms with Gasteiger partial charge in [-0.25, -0.2) is 0 Å². The van der Waals surface area contributed by atoms with Gasteiger partial charge in [0.25, 0.3) is 5.91 Å². The number of nitrogens with two attached hydrogens (primary N) is 1. The maximum Gasteiger partial charge on any atom is 0.251 e. The molecule has 3 nitrogen and oxygen atoms in total. The summed E-state index contributed by atoms with van der Waals surface area (Å²) in [7, 11) is 0. The molecule has 0 aliphatic heterocycles. The molecule has 2 bridgehead atoms. The molecule has 3 heteroatoms. The van der Waals surface area contributed by atoms with Gasteiger partial charge in [0, 0.05) is 18.2 Å². The normalized spacial score (nSPS) is 38.1. The summed E-state index contributed by atoms with van der Waals surface area (Å²) < 4.78 is 0. The molecule has 3 fully saturated rings. The van der Waals surface area contributed by atoms with Crippen molar-refractivity contribution in [3.8, 4) is 0 Å². The predicted molar refractivity (Wildman–Crippen MR) is 73.4 cm³/mol. The van der Waals surface area contributed by atoms with Crippen molar-refractivity contribution in [1.82, 2.24) is 5.32 Å². The summed E-state index contributed by atoms with van der Waals surface area (Å²) in [6.45, 7) is 0.526. The molecule has 1 aromatic rings. The first-order valence-corrected chi connectivity index (χ1v) is 7.38. The van der Waals surface area contributed by atoms with Crippen molar-refractivity contribution in [3.05, 3.63) is 35.4 Å². The number of hydrogen-bond acceptors (Lipinski definition) is 2. The Morgan fingerprint density at radius 1 is 1.16 bits per heavy atom. The summed E-state index contributed by atoms with van der Waals surface area (Å²) in [6, 6.07) is 8.10. The summed E-state index contributed by atoms with van der Waals surface area (Å²) in [5, 5.41) is 3.24. The molecule has 3 N–H and O–H groups in total. The highest BCUT2D eigenvalue weighted by molar-refractivity contribution is 5.94. The van der Waals surface area contributed by atoms with Crippen LogP contribution in [0, 0.1) is 23.7 Å². The van der Waals surface area contributed by atoms with Gasteiger partial charge < -0.3 is 11.1 Å². The summed E-state index contributed by atoms with van der Waals surface area (Å²) >= 11 is 0. The number of carbonyl (C=O) groups excluding carboxylic acids is 1. The Kier molecular flexibility index (Phi) is 2.46. The highest BCUT2D eigenvalue weighted by atomic mass is 16.1. The van der Waals surface area contributed by atoms with E-state index in [4.69, 9.17) is 5.73 Å². The number of rotatable bonds is 3. The maximum atomic E-state index is 12.2. The Morgan fingerprint density at radius 2 is 1.79 bits per heavy atom. The Labute approximate surface area is 113 Å². The summed E-state index contributed by atoms with van der Waals surface area (Å²) in [5.41, 5.74) is 7.39. The van der Waals surface area contributed by atoms with Crippen molar-refractivity contribution < 1.29 is 4.79 Å². The first-order valence-electron chi connectivity index (χ1n) is 7.38. The largest absolute Gasteiger partial charge is 0.349 e. The molecule has 0 radical (unpaired) electrons. The number of benzene rings is 1. The molecule has 19 heavy (non-hydrogen) atoms. The standard InChI is InChI=1S/C16H20N2O/c17-8-9-1-3-10(4-2-9)16(19)18-15-13-11-5-6-12(7-11)14(13)15/h1-4,11-15H,5-8,17H2,(H,18,19). The molecule has 4 atom stereocenters. The Balaban J connectivity index is 1.42. The van der Waals surface area contributed by atoms with Crippen molar-refractivity contribution in [2.75, 3.05) is 0 Å². The van der Waals surface area contributed by atoms with E-state index in [2.05, 4.69) is 5.32 Å². The average molecular weight is 256 g/mol. The molecule has 0 saturated heterocycles. The highest BCUT2D eigenvalue weighted by Crippen LogP contribution is 2.65. The molecule has 1 amide bonds. The third kappa shape index (κ3) is 1.71. The number of hydrogen-bond donors (Lipinski definition) is 2. The van der Waals surface area contributed by atoms with E-state index in [0.29, 0.717) is 12.6 Å². The van der Waals surface area contributed by atoms with Gasteiger partial charge in [0.1, 0.15) is 0 Å². The summed E-state index contributed by atoms with van der Waals surface area (Å²) in [5.74, 6) is 3.49. The lowest BCUT2D eigenvalue weighted by Crippen LogP contribution is -2.29. The van der Waals surface area contributed by atoms with Crippen molar-refractivity contribution in [1.29, 1.82) is 0 Å². The third-order valence-electron chi connectivity index (χ3n) is 5.48. The molecule has 100 valence electrons. The van der Waals surface area contributed by atoms with Crippen molar-refractivity contribution in [2.45, 2.75) is 31.8 Å². The van der Waals surface area contributed by atoms with Crippen molar-refractivity contribution >= 4 is 5.91 Å². The molecule has 4 rings (SSSR count). The minimum Gasteiger partial charge on any atom is -0.349 e. The summed E-state index contributed by atoms with van der Waals surface area (Å²) in [4.78, 5) is 12.2. The van der Waals surface area contributed by atoms with Gasteiger partial charge in [-0.05, 0) is 60.6 Å². The van der Waals surface area contributed by atoms with Crippen LogP contribution in [0.15, 0.2) is 24.3 Å². The van der Waals surface area contributed by atoms with Gasteiger partial charge in [-0.2, -0.15) is 0 Å². The zero-order valence-corrected chi connectivity index (χ0v) is 11.0. The number of amides is 1. The molecule has 3 aliphatic carbocycles. The molecule has 3 saturated carbocycles. The van der Waals surface area contributed by atoms with Crippen LogP contribution in [0.1, 0.15) is 35.2 Å². The van der Waals surface area contributed by atoms with Gasteiger partial charge in [-0.1, -0.05) is 12.1 Å². The second-order valence-corrected chi connectivity index (χ2v) is 6.39. The fourth-order valence-electron chi connectivity index (χ4n) is 4.55. The van der Waals surface area contributed by atoms with Gasteiger partial charge >= 0.3 is 0 Å². The minimum atomic E-state index is 0.0855. The first kappa shape index (κ1) is 11.5. The number of fused-ring (bicyclic) bond motifs is 5.